The average molecular weight is 246 g/mol. The van der Waals surface area contributed by atoms with Crippen LogP contribution in [0.1, 0.15) is 31.7 Å². The van der Waals surface area contributed by atoms with Crippen molar-refractivity contribution in [3.8, 4) is 0 Å². The maximum Gasteiger partial charge on any atom is 0.0207 e. The van der Waals surface area contributed by atoms with Gasteiger partial charge in [0.1, 0.15) is 0 Å². The molecule has 1 aliphatic rings. The minimum absolute atomic E-state index is 0.738. The van der Waals surface area contributed by atoms with Gasteiger partial charge in [-0.1, -0.05) is 37.3 Å². The van der Waals surface area contributed by atoms with Crippen LogP contribution in [0, 0.1) is 0 Å². The van der Waals surface area contributed by atoms with Crippen molar-refractivity contribution < 1.29 is 0 Å². The number of rotatable bonds is 7. The molecule has 0 radical (unpaired) electrons. The van der Waals surface area contributed by atoms with Gasteiger partial charge in [0.15, 0.2) is 0 Å². The molecular formula is C16H26N2. The van der Waals surface area contributed by atoms with Crippen LogP contribution in [0.2, 0.25) is 0 Å². The zero-order valence-electron chi connectivity index (χ0n) is 11.6. The van der Waals surface area contributed by atoms with E-state index in [0.29, 0.717) is 0 Å². The van der Waals surface area contributed by atoms with E-state index in [9.17, 15) is 0 Å². The van der Waals surface area contributed by atoms with Crippen LogP contribution in [0.5, 0.6) is 0 Å². The molecule has 0 aromatic heterocycles. The monoisotopic (exact) mass is 246 g/mol. The molecule has 2 nitrogen and oxygen atoms in total. The van der Waals surface area contributed by atoms with Gasteiger partial charge in [-0.3, -0.25) is 0 Å². The topological polar surface area (TPSA) is 15.3 Å². The Kier molecular flexibility index (Phi) is 5.69. The van der Waals surface area contributed by atoms with Gasteiger partial charge in [-0.15, -0.1) is 0 Å². The second kappa shape index (κ2) is 7.55. The fourth-order valence-electron chi connectivity index (χ4n) is 2.70. The first kappa shape index (κ1) is 13.6. The molecule has 1 aromatic carbocycles. The van der Waals surface area contributed by atoms with Crippen molar-refractivity contribution in [1.82, 2.24) is 10.2 Å². The number of hydrogen-bond donors (Lipinski definition) is 1. The molecule has 1 atom stereocenters. The molecule has 1 aromatic rings. The van der Waals surface area contributed by atoms with Crippen LogP contribution in [0.3, 0.4) is 0 Å². The molecule has 0 amide bonds. The van der Waals surface area contributed by atoms with Crippen LogP contribution >= 0.6 is 0 Å². The zero-order valence-corrected chi connectivity index (χ0v) is 11.6. The van der Waals surface area contributed by atoms with E-state index in [1.807, 2.05) is 0 Å². The molecule has 2 heteroatoms. The summed E-state index contributed by atoms with van der Waals surface area (Å²) in [6.07, 6.45) is 5.06. The fourth-order valence-corrected chi connectivity index (χ4v) is 2.70. The average Bonchev–Trinajstić information content (AvgIpc) is 2.85. The van der Waals surface area contributed by atoms with E-state index >= 15 is 0 Å². The SMILES string of the molecule is CCCNC1CCN(CCCc2ccccc2)C1. The van der Waals surface area contributed by atoms with Crippen molar-refractivity contribution in [3.05, 3.63) is 35.9 Å². The molecule has 1 unspecified atom stereocenters. The lowest BCUT2D eigenvalue weighted by Gasteiger charge is -2.16. The second-order valence-electron chi connectivity index (χ2n) is 5.33. The normalized spacial score (nSPS) is 20.4. The lowest BCUT2D eigenvalue weighted by Crippen LogP contribution is -2.33. The highest BCUT2D eigenvalue weighted by molar-refractivity contribution is 5.14. The van der Waals surface area contributed by atoms with Crippen LogP contribution in [0.15, 0.2) is 30.3 Å². The highest BCUT2D eigenvalue weighted by Gasteiger charge is 2.20. The molecule has 0 aliphatic carbocycles. The number of nitrogens with zero attached hydrogens (tertiary/aromatic N) is 1. The summed E-state index contributed by atoms with van der Waals surface area (Å²) in [5, 5.41) is 3.63. The molecule has 0 saturated carbocycles. The van der Waals surface area contributed by atoms with E-state index in [2.05, 4.69) is 47.5 Å². The third kappa shape index (κ3) is 4.43. The quantitative estimate of drug-likeness (QED) is 0.796. The maximum absolute atomic E-state index is 3.63. The van der Waals surface area contributed by atoms with Gasteiger partial charge in [0.05, 0.1) is 0 Å². The van der Waals surface area contributed by atoms with Gasteiger partial charge in [-0.05, 0) is 50.9 Å². The lowest BCUT2D eigenvalue weighted by atomic mass is 10.1. The Morgan fingerprint density at radius 2 is 2.11 bits per heavy atom. The van der Waals surface area contributed by atoms with Crippen molar-refractivity contribution in [2.24, 2.45) is 0 Å². The first-order chi connectivity index (χ1) is 8.88. The van der Waals surface area contributed by atoms with E-state index in [0.717, 1.165) is 6.04 Å². The van der Waals surface area contributed by atoms with Gasteiger partial charge in [0, 0.05) is 12.6 Å². The molecule has 1 heterocycles. The lowest BCUT2D eigenvalue weighted by molar-refractivity contribution is 0.323. The first-order valence-corrected chi connectivity index (χ1v) is 7.38. The Morgan fingerprint density at radius 3 is 2.89 bits per heavy atom. The maximum atomic E-state index is 3.63. The van der Waals surface area contributed by atoms with Crippen LogP contribution in [0.25, 0.3) is 0 Å². The molecular weight excluding hydrogens is 220 g/mol. The Balaban J connectivity index is 1.60. The molecule has 1 aliphatic heterocycles. The summed E-state index contributed by atoms with van der Waals surface area (Å²) >= 11 is 0. The zero-order chi connectivity index (χ0) is 12.6. The number of aryl methyl sites for hydroxylation is 1. The van der Waals surface area contributed by atoms with Crippen molar-refractivity contribution in [1.29, 1.82) is 0 Å². The van der Waals surface area contributed by atoms with Crippen molar-refractivity contribution in [2.45, 2.75) is 38.6 Å². The second-order valence-corrected chi connectivity index (χ2v) is 5.33. The van der Waals surface area contributed by atoms with E-state index in [4.69, 9.17) is 0 Å². The molecule has 100 valence electrons. The smallest absolute Gasteiger partial charge is 0.0207 e. The molecule has 18 heavy (non-hydrogen) atoms. The summed E-state index contributed by atoms with van der Waals surface area (Å²) in [6, 6.07) is 11.6. The summed E-state index contributed by atoms with van der Waals surface area (Å²) in [7, 11) is 0. The fraction of sp³-hybridized carbons (Fsp3) is 0.625. The Morgan fingerprint density at radius 1 is 1.28 bits per heavy atom. The van der Waals surface area contributed by atoms with Gasteiger partial charge < -0.3 is 10.2 Å². The summed E-state index contributed by atoms with van der Waals surface area (Å²) in [4.78, 5) is 2.61. The molecule has 1 fully saturated rings. The standard InChI is InChI=1S/C16H26N2/c1-2-11-17-16-10-13-18(14-16)12-6-9-15-7-4-3-5-8-15/h3-5,7-8,16-17H,2,6,9-14H2,1H3. The molecule has 0 bridgehead atoms. The van der Waals surface area contributed by atoms with Crippen molar-refractivity contribution >= 4 is 0 Å². The van der Waals surface area contributed by atoms with Crippen LogP contribution in [-0.4, -0.2) is 37.1 Å². The Labute approximate surface area is 111 Å². The Bertz CT molecular complexity index is 323. The van der Waals surface area contributed by atoms with Gasteiger partial charge >= 0.3 is 0 Å². The predicted molar refractivity (Wildman–Crippen MR) is 77.9 cm³/mol. The van der Waals surface area contributed by atoms with Gasteiger partial charge in [0.25, 0.3) is 0 Å². The predicted octanol–water partition coefficient (Wildman–Crippen LogP) is 2.69. The van der Waals surface area contributed by atoms with E-state index < -0.39 is 0 Å². The molecule has 0 spiro atoms. The van der Waals surface area contributed by atoms with E-state index in [1.165, 1.54) is 57.4 Å². The van der Waals surface area contributed by atoms with Crippen molar-refractivity contribution in [3.63, 3.8) is 0 Å². The third-order valence-corrected chi connectivity index (χ3v) is 3.74. The van der Waals surface area contributed by atoms with E-state index in [-0.39, 0.29) is 0 Å². The van der Waals surface area contributed by atoms with Gasteiger partial charge in [-0.25, -0.2) is 0 Å². The highest BCUT2D eigenvalue weighted by atomic mass is 15.2. The molecule has 1 N–H and O–H groups in total. The summed E-state index contributed by atoms with van der Waals surface area (Å²) in [5.74, 6) is 0. The number of hydrogen-bond acceptors (Lipinski definition) is 2. The third-order valence-electron chi connectivity index (χ3n) is 3.74. The summed E-state index contributed by atoms with van der Waals surface area (Å²) in [6.45, 7) is 7.17. The summed E-state index contributed by atoms with van der Waals surface area (Å²) < 4.78 is 0. The molecule has 1 saturated heterocycles. The minimum atomic E-state index is 0.738. The number of benzene rings is 1. The van der Waals surface area contributed by atoms with Gasteiger partial charge in [0.2, 0.25) is 0 Å². The minimum Gasteiger partial charge on any atom is -0.313 e. The Hall–Kier alpha value is -0.860. The summed E-state index contributed by atoms with van der Waals surface area (Å²) in [5.41, 5.74) is 1.47. The van der Waals surface area contributed by atoms with E-state index in [1.54, 1.807) is 0 Å². The molecule has 2 rings (SSSR count). The first-order valence-electron chi connectivity index (χ1n) is 7.38. The number of likely N-dealkylation sites (tertiary alicyclic amines) is 1. The van der Waals surface area contributed by atoms with Crippen LogP contribution in [-0.2, 0) is 6.42 Å². The van der Waals surface area contributed by atoms with Crippen LogP contribution < -0.4 is 5.32 Å². The van der Waals surface area contributed by atoms with Crippen LogP contribution in [0.4, 0.5) is 0 Å². The van der Waals surface area contributed by atoms with Gasteiger partial charge in [-0.2, -0.15) is 0 Å². The highest BCUT2D eigenvalue weighted by Crippen LogP contribution is 2.11. The number of nitrogens with one attached hydrogen (secondary N) is 1. The van der Waals surface area contributed by atoms with Crippen molar-refractivity contribution in [2.75, 3.05) is 26.2 Å². The largest absolute Gasteiger partial charge is 0.313 e.